The molecule has 0 saturated heterocycles. The first kappa shape index (κ1) is 18.5. The quantitative estimate of drug-likeness (QED) is 0.690. The fourth-order valence-corrected chi connectivity index (χ4v) is 2.66. The van der Waals surface area contributed by atoms with Crippen LogP contribution in [0.5, 0.6) is 0 Å². The topological polar surface area (TPSA) is 45.2 Å². The van der Waals surface area contributed by atoms with Gasteiger partial charge in [0.05, 0.1) is 5.69 Å². The van der Waals surface area contributed by atoms with Crippen LogP contribution in [0, 0.1) is 11.6 Å². The zero-order chi connectivity index (χ0) is 19.1. The van der Waals surface area contributed by atoms with E-state index in [0.29, 0.717) is 19.5 Å². The molecule has 3 rings (SSSR count). The molecule has 2 amide bonds. The number of nitrogens with zero attached hydrogens (tertiary/aromatic N) is 2. The van der Waals surface area contributed by atoms with Crippen LogP contribution in [0.1, 0.15) is 11.1 Å². The first-order chi connectivity index (χ1) is 13.1. The number of carbonyl (C=O) groups is 1. The minimum Gasteiger partial charge on any atom is -0.320 e. The van der Waals surface area contributed by atoms with Crippen LogP contribution in [0.15, 0.2) is 73.1 Å². The lowest BCUT2D eigenvalue weighted by atomic mass is 10.1. The third-order valence-corrected chi connectivity index (χ3v) is 4.07. The van der Waals surface area contributed by atoms with Crippen LogP contribution < -0.4 is 5.32 Å². The fraction of sp³-hybridized carbons (Fsp3) is 0.143. The van der Waals surface area contributed by atoms with Gasteiger partial charge >= 0.3 is 6.03 Å². The number of benzene rings is 2. The lowest BCUT2D eigenvalue weighted by molar-refractivity contribution is 0.209. The van der Waals surface area contributed by atoms with E-state index in [1.807, 2.05) is 36.4 Å². The maximum absolute atomic E-state index is 13.9. The Morgan fingerprint density at radius 2 is 1.78 bits per heavy atom. The summed E-state index contributed by atoms with van der Waals surface area (Å²) in [6.45, 7) is 0.767. The molecule has 1 aromatic heterocycles. The van der Waals surface area contributed by atoms with Crippen molar-refractivity contribution in [3.8, 4) is 0 Å². The van der Waals surface area contributed by atoms with Crippen LogP contribution in [0.3, 0.4) is 0 Å². The van der Waals surface area contributed by atoms with Crippen molar-refractivity contribution >= 4 is 11.7 Å². The molecule has 0 aliphatic carbocycles. The number of hydrogen-bond donors (Lipinski definition) is 1. The van der Waals surface area contributed by atoms with Gasteiger partial charge in [-0.25, -0.2) is 13.6 Å². The van der Waals surface area contributed by atoms with Crippen molar-refractivity contribution in [1.82, 2.24) is 9.88 Å². The number of amides is 2. The molecule has 0 aliphatic rings. The van der Waals surface area contributed by atoms with Crippen molar-refractivity contribution in [3.63, 3.8) is 0 Å². The van der Waals surface area contributed by atoms with Crippen LogP contribution >= 0.6 is 0 Å². The maximum atomic E-state index is 13.9. The maximum Gasteiger partial charge on any atom is 0.322 e. The highest BCUT2D eigenvalue weighted by molar-refractivity contribution is 5.89. The molecule has 0 saturated carbocycles. The molecule has 1 heterocycles. The average molecular weight is 367 g/mol. The van der Waals surface area contributed by atoms with Gasteiger partial charge in [-0.05, 0) is 35.7 Å². The van der Waals surface area contributed by atoms with Crippen molar-refractivity contribution in [3.05, 3.63) is 95.8 Å². The average Bonchev–Trinajstić information content (AvgIpc) is 2.69. The SMILES string of the molecule is O=C(Nc1ccc(F)cc1F)N(CCc1ccccc1)Cc1cccnc1. The van der Waals surface area contributed by atoms with Gasteiger partial charge in [0.2, 0.25) is 0 Å². The monoisotopic (exact) mass is 367 g/mol. The molecule has 0 atom stereocenters. The van der Waals surface area contributed by atoms with Crippen molar-refractivity contribution in [2.45, 2.75) is 13.0 Å². The van der Waals surface area contributed by atoms with E-state index in [1.165, 1.54) is 6.07 Å². The van der Waals surface area contributed by atoms with Crippen LogP contribution in [-0.4, -0.2) is 22.5 Å². The van der Waals surface area contributed by atoms with Gasteiger partial charge in [-0.2, -0.15) is 0 Å². The third-order valence-electron chi connectivity index (χ3n) is 4.07. The minimum atomic E-state index is -0.812. The van der Waals surface area contributed by atoms with Crippen molar-refractivity contribution in [1.29, 1.82) is 0 Å². The molecule has 4 nitrogen and oxygen atoms in total. The number of carbonyl (C=O) groups excluding carboxylic acids is 1. The Hall–Kier alpha value is -3.28. The summed E-state index contributed by atoms with van der Waals surface area (Å²) < 4.78 is 26.9. The number of nitrogens with one attached hydrogen (secondary N) is 1. The van der Waals surface area contributed by atoms with Gasteiger partial charge < -0.3 is 10.2 Å². The molecule has 6 heteroatoms. The van der Waals surface area contributed by atoms with E-state index in [0.717, 1.165) is 23.3 Å². The van der Waals surface area contributed by atoms with Gasteiger partial charge in [-0.1, -0.05) is 36.4 Å². The highest BCUT2D eigenvalue weighted by atomic mass is 19.1. The molecule has 138 valence electrons. The highest BCUT2D eigenvalue weighted by Gasteiger charge is 2.16. The van der Waals surface area contributed by atoms with Gasteiger partial charge in [0.1, 0.15) is 11.6 Å². The molecule has 0 radical (unpaired) electrons. The van der Waals surface area contributed by atoms with E-state index in [-0.39, 0.29) is 5.69 Å². The summed E-state index contributed by atoms with van der Waals surface area (Å²) >= 11 is 0. The van der Waals surface area contributed by atoms with Crippen molar-refractivity contribution in [2.75, 3.05) is 11.9 Å². The smallest absolute Gasteiger partial charge is 0.320 e. The lowest BCUT2D eigenvalue weighted by Gasteiger charge is -2.23. The summed E-state index contributed by atoms with van der Waals surface area (Å²) in [7, 11) is 0. The van der Waals surface area contributed by atoms with Crippen LogP contribution in [-0.2, 0) is 13.0 Å². The molecular weight excluding hydrogens is 348 g/mol. The van der Waals surface area contributed by atoms with E-state index in [2.05, 4.69) is 10.3 Å². The van der Waals surface area contributed by atoms with E-state index in [4.69, 9.17) is 0 Å². The van der Waals surface area contributed by atoms with E-state index < -0.39 is 17.7 Å². The summed E-state index contributed by atoms with van der Waals surface area (Å²) in [4.78, 5) is 18.3. The second-order valence-electron chi connectivity index (χ2n) is 6.07. The van der Waals surface area contributed by atoms with Gasteiger partial charge in [-0.15, -0.1) is 0 Å². The van der Waals surface area contributed by atoms with Crippen molar-refractivity contribution < 1.29 is 13.6 Å². The fourth-order valence-electron chi connectivity index (χ4n) is 2.66. The summed E-state index contributed by atoms with van der Waals surface area (Å²) in [6, 6.07) is 16.0. The first-order valence-electron chi connectivity index (χ1n) is 8.55. The molecule has 0 spiro atoms. The number of aromatic nitrogens is 1. The standard InChI is InChI=1S/C21H19F2N3O/c22-18-8-9-20(19(23)13-18)25-21(27)26(15-17-7-4-11-24-14-17)12-10-16-5-2-1-3-6-16/h1-9,11,13-14H,10,12,15H2,(H,25,27). The summed E-state index contributed by atoms with van der Waals surface area (Å²) in [5.74, 6) is -1.51. The first-order valence-corrected chi connectivity index (χ1v) is 8.55. The number of anilines is 1. The zero-order valence-electron chi connectivity index (χ0n) is 14.6. The summed E-state index contributed by atoms with van der Waals surface area (Å²) in [6.07, 6.45) is 3.99. The molecule has 0 aliphatic heterocycles. The number of rotatable bonds is 6. The highest BCUT2D eigenvalue weighted by Crippen LogP contribution is 2.16. The Balaban J connectivity index is 1.74. The van der Waals surface area contributed by atoms with Crippen LogP contribution in [0.4, 0.5) is 19.3 Å². The van der Waals surface area contributed by atoms with Gasteiger partial charge in [0.15, 0.2) is 0 Å². The van der Waals surface area contributed by atoms with Gasteiger partial charge in [0, 0.05) is 31.5 Å². The Kier molecular flexibility index (Phi) is 6.10. The van der Waals surface area contributed by atoms with Crippen LogP contribution in [0.2, 0.25) is 0 Å². The zero-order valence-corrected chi connectivity index (χ0v) is 14.6. The normalized spacial score (nSPS) is 10.4. The molecule has 1 N–H and O–H groups in total. The van der Waals surface area contributed by atoms with Gasteiger partial charge in [-0.3, -0.25) is 4.98 Å². The number of urea groups is 1. The predicted molar refractivity (Wildman–Crippen MR) is 100 cm³/mol. The van der Waals surface area contributed by atoms with Crippen molar-refractivity contribution in [2.24, 2.45) is 0 Å². The number of hydrogen-bond acceptors (Lipinski definition) is 2. The van der Waals surface area contributed by atoms with Crippen LogP contribution in [0.25, 0.3) is 0 Å². The lowest BCUT2D eigenvalue weighted by Crippen LogP contribution is -2.36. The summed E-state index contributed by atoms with van der Waals surface area (Å²) in [5, 5.41) is 2.52. The molecular formula is C21H19F2N3O. The summed E-state index contributed by atoms with van der Waals surface area (Å²) in [5.41, 5.74) is 1.90. The molecule has 0 fully saturated rings. The number of halogens is 2. The number of pyridine rings is 1. The minimum absolute atomic E-state index is 0.0581. The Morgan fingerprint density at radius 3 is 2.48 bits per heavy atom. The Morgan fingerprint density at radius 1 is 1.00 bits per heavy atom. The molecule has 2 aromatic carbocycles. The Labute approximate surface area is 156 Å². The molecule has 0 bridgehead atoms. The second-order valence-corrected chi connectivity index (χ2v) is 6.07. The predicted octanol–water partition coefficient (Wildman–Crippen LogP) is 4.64. The van der Waals surface area contributed by atoms with E-state index >= 15 is 0 Å². The van der Waals surface area contributed by atoms with Gasteiger partial charge in [0.25, 0.3) is 0 Å². The molecule has 3 aromatic rings. The Bertz CT molecular complexity index is 888. The van der Waals surface area contributed by atoms with E-state index in [9.17, 15) is 13.6 Å². The largest absolute Gasteiger partial charge is 0.322 e. The molecule has 0 unspecified atom stereocenters. The third kappa shape index (κ3) is 5.34. The molecule has 27 heavy (non-hydrogen) atoms. The van der Waals surface area contributed by atoms with E-state index in [1.54, 1.807) is 23.4 Å². The second kappa shape index (κ2) is 8.89.